The van der Waals surface area contributed by atoms with Crippen molar-refractivity contribution in [2.75, 3.05) is 37.6 Å². The molecule has 1 N–H and O–H groups in total. The second-order valence-electron chi connectivity index (χ2n) is 5.84. The molecule has 4 heteroatoms. The number of aromatic nitrogens is 1. The molecule has 2 rings (SSSR count). The highest BCUT2D eigenvalue weighted by atomic mass is 15.3. The first-order chi connectivity index (χ1) is 9.70. The zero-order chi connectivity index (χ0) is 14.4. The Morgan fingerprint density at radius 2 is 1.95 bits per heavy atom. The molecule has 0 radical (unpaired) electrons. The molecular weight excluding hydrogens is 248 g/mol. The van der Waals surface area contributed by atoms with Crippen molar-refractivity contribution in [2.24, 2.45) is 0 Å². The standard InChI is InChI=1S/C16H28N4/c1-4-15(13-18-14(2)3)19-9-11-20(12-10-19)16-7-5-6-8-17-16/h5-8,14-15,18H,4,9-13H2,1-3H3. The van der Waals surface area contributed by atoms with Gasteiger partial charge in [-0.1, -0.05) is 26.8 Å². The van der Waals surface area contributed by atoms with Crippen LogP contribution in [-0.2, 0) is 0 Å². The molecule has 1 unspecified atom stereocenters. The number of pyridine rings is 1. The number of nitrogens with zero attached hydrogens (tertiary/aromatic N) is 3. The van der Waals surface area contributed by atoms with Gasteiger partial charge in [-0.25, -0.2) is 4.98 Å². The minimum Gasteiger partial charge on any atom is -0.354 e. The second-order valence-corrected chi connectivity index (χ2v) is 5.84. The summed E-state index contributed by atoms with van der Waals surface area (Å²) in [7, 11) is 0. The van der Waals surface area contributed by atoms with Crippen LogP contribution in [0.3, 0.4) is 0 Å². The maximum Gasteiger partial charge on any atom is 0.128 e. The van der Waals surface area contributed by atoms with Crippen molar-refractivity contribution in [3.8, 4) is 0 Å². The molecule has 1 saturated heterocycles. The van der Waals surface area contributed by atoms with Crippen LogP contribution < -0.4 is 10.2 Å². The highest BCUT2D eigenvalue weighted by molar-refractivity contribution is 5.38. The van der Waals surface area contributed by atoms with Gasteiger partial charge in [-0.15, -0.1) is 0 Å². The first kappa shape index (κ1) is 15.3. The molecule has 0 aromatic carbocycles. The van der Waals surface area contributed by atoms with E-state index in [0.29, 0.717) is 12.1 Å². The molecule has 0 amide bonds. The minimum absolute atomic E-state index is 0.568. The van der Waals surface area contributed by atoms with Gasteiger partial charge < -0.3 is 10.2 Å². The van der Waals surface area contributed by atoms with Crippen LogP contribution in [0.2, 0.25) is 0 Å². The van der Waals surface area contributed by atoms with E-state index in [1.807, 2.05) is 12.3 Å². The Labute approximate surface area is 123 Å². The van der Waals surface area contributed by atoms with Gasteiger partial charge in [-0.2, -0.15) is 0 Å². The average Bonchev–Trinajstić information content (AvgIpc) is 2.49. The van der Waals surface area contributed by atoms with E-state index in [0.717, 1.165) is 38.5 Å². The van der Waals surface area contributed by atoms with Gasteiger partial charge in [0.1, 0.15) is 5.82 Å². The molecule has 4 nitrogen and oxygen atoms in total. The Bertz CT molecular complexity index is 371. The summed E-state index contributed by atoms with van der Waals surface area (Å²) in [6.45, 7) is 12.2. The first-order valence-corrected chi connectivity index (χ1v) is 7.84. The van der Waals surface area contributed by atoms with Gasteiger partial charge in [0, 0.05) is 51.0 Å². The summed E-state index contributed by atoms with van der Waals surface area (Å²) in [4.78, 5) is 9.45. The van der Waals surface area contributed by atoms with E-state index in [-0.39, 0.29) is 0 Å². The third-order valence-corrected chi connectivity index (χ3v) is 4.04. The number of rotatable bonds is 6. The molecule has 1 aliphatic rings. The summed E-state index contributed by atoms with van der Waals surface area (Å²) in [6.07, 6.45) is 3.09. The Kier molecular flexibility index (Phi) is 5.80. The third-order valence-electron chi connectivity index (χ3n) is 4.04. The van der Waals surface area contributed by atoms with Gasteiger partial charge in [0.25, 0.3) is 0 Å². The molecule has 0 saturated carbocycles. The minimum atomic E-state index is 0.568. The van der Waals surface area contributed by atoms with Crippen LogP contribution in [-0.4, -0.2) is 54.7 Å². The number of anilines is 1. The molecule has 1 aliphatic heterocycles. The summed E-state index contributed by atoms with van der Waals surface area (Å²) in [5, 5.41) is 3.57. The van der Waals surface area contributed by atoms with Gasteiger partial charge in [0.05, 0.1) is 0 Å². The summed E-state index contributed by atoms with van der Waals surface area (Å²) in [6, 6.07) is 7.37. The summed E-state index contributed by atoms with van der Waals surface area (Å²) < 4.78 is 0. The molecule has 0 spiro atoms. The topological polar surface area (TPSA) is 31.4 Å². The molecule has 0 bridgehead atoms. The average molecular weight is 276 g/mol. The van der Waals surface area contributed by atoms with Crippen molar-refractivity contribution in [1.29, 1.82) is 0 Å². The van der Waals surface area contributed by atoms with Gasteiger partial charge in [-0.3, -0.25) is 4.90 Å². The summed E-state index contributed by atoms with van der Waals surface area (Å²) in [5.41, 5.74) is 0. The highest BCUT2D eigenvalue weighted by Gasteiger charge is 2.23. The fourth-order valence-electron chi connectivity index (χ4n) is 2.76. The number of nitrogens with one attached hydrogen (secondary N) is 1. The molecule has 1 fully saturated rings. The zero-order valence-corrected chi connectivity index (χ0v) is 13.0. The van der Waals surface area contributed by atoms with Crippen LogP contribution in [0.5, 0.6) is 0 Å². The zero-order valence-electron chi connectivity index (χ0n) is 13.0. The van der Waals surface area contributed by atoms with Crippen molar-refractivity contribution in [3.05, 3.63) is 24.4 Å². The van der Waals surface area contributed by atoms with E-state index < -0.39 is 0 Å². The Balaban J connectivity index is 1.83. The van der Waals surface area contributed by atoms with E-state index in [9.17, 15) is 0 Å². The molecule has 2 heterocycles. The fourth-order valence-corrected chi connectivity index (χ4v) is 2.76. The predicted octanol–water partition coefficient (Wildman–Crippen LogP) is 1.98. The summed E-state index contributed by atoms with van der Waals surface area (Å²) in [5.74, 6) is 1.11. The number of hydrogen-bond acceptors (Lipinski definition) is 4. The maximum atomic E-state index is 4.45. The Morgan fingerprint density at radius 1 is 1.20 bits per heavy atom. The molecule has 112 valence electrons. The summed E-state index contributed by atoms with van der Waals surface area (Å²) >= 11 is 0. The third kappa shape index (κ3) is 4.18. The lowest BCUT2D eigenvalue weighted by Crippen LogP contribution is -2.53. The number of piperazine rings is 1. The lowest BCUT2D eigenvalue weighted by atomic mass is 10.1. The monoisotopic (exact) mass is 276 g/mol. The normalized spacial score (nSPS) is 18.5. The molecule has 1 aromatic heterocycles. The van der Waals surface area contributed by atoms with Gasteiger partial charge >= 0.3 is 0 Å². The van der Waals surface area contributed by atoms with E-state index >= 15 is 0 Å². The molecule has 20 heavy (non-hydrogen) atoms. The van der Waals surface area contributed by atoms with Gasteiger partial charge in [0.2, 0.25) is 0 Å². The van der Waals surface area contributed by atoms with Crippen LogP contribution in [0, 0.1) is 0 Å². The van der Waals surface area contributed by atoms with Gasteiger partial charge in [0.15, 0.2) is 0 Å². The first-order valence-electron chi connectivity index (χ1n) is 7.84. The lowest BCUT2D eigenvalue weighted by Gasteiger charge is -2.39. The van der Waals surface area contributed by atoms with E-state index in [1.165, 1.54) is 6.42 Å². The van der Waals surface area contributed by atoms with Crippen LogP contribution in [0.1, 0.15) is 27.2 Å². The van der Waals surface area contributed by atoms with Crippen molar-refractivity contribution in [1.82, 2.24) is 15.2 Å². The quantitative estimate of drug-likeness (QED) is 0.861. The van der Waals surface area contributed by atoms with Crippen molar-refractivity contribution in [2.45, 2.75) is 39.3 Å². The van der Waals surface area contributed by atoms with E-state index in [4.69, 9.17) is 0 Å². The van der Waals surface area contributed by atoms with Crippen molar-refractivity contribution in [3.63, 3.8) is 0 Å². The Hall–Kier alpha value is -1.13. The number of hydrogen-bond donors (Lipinski definition) is 1. The second kappa shape index (κ2) is 7.60. The van der Waals surface area contributed by atoms with Gasteiger partial charge in [-0.05, 0) is 18.6 Å². The van der Waals surface area contributed by atoms with Crippen LogP contribution >= 0.6 is 0 Å². The van der Waals surface area contributed by atoms with Crippen LogP contribution in [0.25, 0.3) is 0 Å². The predicted molar refractivity (Wildman–Crippen MR) is 85.2 cm³/mol. The fraction of sp³-hybridized carbons (Fsp3) is 0.688. The largest absolute Gasteiger partial charge is 0.354 e. The van der Waals surface area contributed by atoms with E-state index in [1.54, 1.807) is 0 Å². The van der Waals surface area contributed by atoms with E-state index in [2.05, 4.69) is 53.0 Å². The molecule has 0 aliphatic carbocycles. The maximum absolute atomic E-state index is 4.45. The SMILES string of the molecule is CCC(CNC(C)C)N1CCN(c2ccccn2)CC1. The molecule has 1 aromatic rings. The Morgan fingerprint density at radius 3 is 2.50 bits per heavy atom. The molecule has 1 atom stereocenters. The van der Waals surface area contributed by atoms with Crippen molar-refractivity contribution < 1.29 is 0 Å². The molecular formula is C16H28N4. The van der Waals surface area contributed by atoms with Crippen molar-refractivity contribution >= 4 is 5.82 Å². The highest BCUT2D eigenvalue weighted by Crippen LogP contribution is 2.15. The van der Waals surface area contributed by atoms with Crippen LogP contribution in [0.4, 0.5) is 5.82 Å². The van der Waals surface area contributed by atoms with Crippen LogP contribution in [0.15, 0.2) is 24.4 Å². The lowest BCUT2D eigenvalue weighted by molar-refractivity contribution is 0.174. The smallest absolute Gasteiger partial charge is 0.128 e.